The molecule has 1 fully saturated rings. The lowest BCUT2D eigenvalue weighted by Gasteiger charge is -2.05. The summed E-state index contributed by atoms with van der Waals surface area (Å²) < 4.78 is 4.85. The summed E-state index contributed by atoms with van der Waals surface area (Å²) in [6, 6.07) is 0. The van der Waals surface area contributed by atoms with E-state index in [1.165, 1.54) is 11.3 Å². The second kappa shape index (κ2) is 5.48. The molecule has 0 bridgehead atoms. The summed E-state index contributed by atoms with van der Waals surface area (Å²) in [5.41, 5.74) is 0.0231. The lowest BCUT2D eigenvalue weighted by molar-refractivity contribution is 0.0526. The molecule has 2 rings (SSSR count). The van der Waals surface area contributed by atoms with E-state index in [2.05, 4.69) is 4.98 Å². The minimum Gasteiger partial charge on any atom is -0.476 e. The molecular formula is C12H15NO4S. The molecule has 1 N–H and O–H groups in total. The number of carbonyl (C=O) groups is 2. The maximum atomic E-state index is 11.6. The second-order valence-corrected chi connectivity index (χ2v) is 5.27. The van der Waals surface area contributed by atoms with Crippen molar-refractivity contribution < 1.29 is 19.4 Å². The number of carbonyl (C=O) groups excluding carboxylic acids is 1. The molecule has 0 unspecified atom stereocenters. The zero-order chi connectivity index (χ0) is 13.1. The molecule has 1 aliphatic rings. The SMILES string of the molecule is CCOC(=O)c1nc(C(=O)O)c(C2CCCC2)s1. The van der Waals surface area contributed by atoms with Crippen LogP contribution in [-0.2, 0) is 4.74 Å². The summed E-state index contributed by atoms with van der Waals surface area (Å²) in [5, 5.41) is 9.29. The minimum absolute atomic E-state index is 0.0231. The fourth-order valence-corrected chi connectivity index (χ4v) is 3.35. The smallest absolute Gasteiger partial charge is 0.367 e. The Balaban J connectivity index is 2.31. The first kappa shape index (κ1) is 13.0. The Hall–Kier alpha value is -1.43. The molecule has 1 aliphatic carbocycles. The van der Waals surface area contributed by atoms with E-state index in [0.29, 0.717) is 0 Å². The van der Waals surface area contributed by atoms with Crippen LogP contribution < -0.4 is 0 Å². The molecule has 1 saturated carbocycles. The van der Waals surface area contributed by atoms with Crippen LogP contribution in [0.5, 0.6) is 0 Å². The second-order valence-electron chi connectivity index (χ2n) is 4.24. The predicted molar refractivity (Wildman–Crippen MR) is 66.2 cm³/mol. The summed E-state index contributed by atoms with van der Waals surface area (Å²) in [6.07, 6.45) is 4.17. The number of hydrogen-bond donors (Lipinski definition) is 1. The van der Waals surface area contributed by atoms with Crippen LogP contribution in [0.25, 0.3) is 0 Å². The quantitative estimate of drug-likeness (QED) is 0.850. The van der Waals surface area contributed by atoms with Gasteiger partial charge in [-0.25, -0.2) is 14.6 Å². The number of nitrogens with zero attached hydrogens (tertiary/aromatic N) is 1. The molecule has 0 amide bonds. The molecule has 0 atom stereocenters. The molecule has 18 heavy (non-hydrogen) atoms. The number of esters is 1. The summed E-state index contributed by atoms with van der Waals surface area (Å²) >= 11 is 1.17. The van der Waals surface area contributed by atoms with Crippen LogP contribution in [0, 0.1) is 0 Å². The van der Waals surface area contributed by atoms with Gasteiger partial charge in [0.15, 0.2) is 5.69 Å². The molecule has 1 aromatic rings. The first-order chi connectivity index (χ1) is 8.63. The van der Waals surface area contributed by atoms with E-state index in [0.717, 1.165) is 30.6 Å². The first-order valence-electron chi connectivity index (χ1n) is 6.04. The van der Waals surface area contributed by atoms with Crippen LogP contribution in [0.15, 0.2) is 0 Å². The Labute approximate surface area is 109 Å². The van der Waals surface area contributed by atoms with E-state index in [-0.39, 0.29) is 23.2 Å². The van der Waals surface area contributed by atoms with Gasteiger partial charge in [0.05, 0.1) is 6.61 Å². The minimum atomic E-state index is -1.07. The fourth-order valence-electron chi connectivity index (χ4n) is 2.23. The third-order valence-electron chi connectivity index (χ3n) is 3.03. The highest BCUT2D eigenvalue weighted by Gasteiger charge is 2.28. The van der Waals surface area contributed by atoms with Crippen molar-refractivity contribution in [2.75, 3.05) is 6.61 Å². The Morgan fingerprint density at radius 2 is 2.11 bits per heavy atom. The number of carboxylic acid groups (broad SMARTS) is 1. The number of ether oxygens (including phenoxy) is 1. The van der Waals surface area contributed by atoms with Crippen LogP contribution >= 0.6 is 11.3 Å². The Kier molecular flexibility index (Phi) is 3.96. The van der Waals surface area contributed by atoms with Gasteiger partial charge >= 0.3 is 11.9 Å². The van der Waals surface area contributed by atoms with Gasteiger partial charge in [-0.2, -0.15) is 0 Å². The first-order valence-corrected chi connectivity index (χ1v) is 6.86. The van der Waals surface area contributed by atoms with Gasteiger partial charge in [-0.3, -0.25) is 0 Å². The van der Waals surface area contributed by atoms with E-state index in [9.17, 15) is 9.59 Å². The van der Waals surface area contributed by atoms with Crippen LogP contribution in [0.3, 0.4) is 0 Å². The molecule has 98 valence electrons. The highest BCUT2D eigenvalue weighted by Crippen LogP contribution is 2.39. The van der Waals surface area contributed by atoms with Crippen molar-refractivity contribution in [1.29, 1.82) is 0 Å². The topological polar surface area (TPSA) is 76.5 Å². The third-order valence-corrected chi connectivity index (χ3v) is 4.23. The van der Waals surface area contributed by atoms with E-state index in [4.69, 9.17) is 9.84 Å². The fraction of sp³-hybridized carbons (Fsp3) is 0.583. The number of thiazole rings is 1. The maximum absolute atomic E-state index is 11.6. The summed E-state index contributed by atoms with van der Waals surface area (Å²) in [6.45, 7) is 1.97. The van der Waals surface area contributed by atoms with E-state index in [1.807, 2.05) is 0 Å². The van der Waals surface area contributed by atoms with Gasteiger partial charge in [0, 0.05) is 4.88 Å². The molecule has 0 radical (unpaired) electrons. The average molecular weight is 269 g/mol. The predicted octanol–water partition coefficient (Wildman–Crippen LogP) is 2.68. The zero-order valence-corrected chi connectivity index (χ0v) is 11.0. The lowest BCUT2D eigenvalue weighted by Crippen LogP contribution is -2.06. The Morgan fingerprint density at radius 3 is 2.67 bits per heavy atom. The average Bonchev–Trinajstić information content (AvgIpc) is 2.98. The van der Waals surface area contributed by atoms with Crippen molar-refractivity contribution in [2.24, 2.45) is 0 Å². The summed E-state index contributed by atoms with van der Waals surface area (Å²) in [7, 11) is 0. The lowest BCUT2D eigenvalue weighted by atomic mass is 10.1. The largest absolute Gasteiger partial charge is 0.476 e. The van der Waals surface area contributed by atoms with Crippen LogP contribution in [-0.4, -0.2) is 28.6 Å². The Morgan fingerprint density at radius 1 is 1.44 bits per heavy atom. The van der Waals surface area contributed by atoms with Gasteiger partial charge in [0.25, 0.3) is 0 Å². The number of carboxylic acids is 1. The molecule has 0 aliphatic heterocycles. The molecule has 0 saturated heterocycles. The Bertz CT molecular complexity index is 463. The molecule has 0 spiro atoms. The number of hydrogen-bond acceptors (Lipinski definition) is 5. The standard InChI is InChI=1S/C12H15NO4S/c1-2-17-12(16)10-13-8(11(14)15)9(18-10)7-5-3-4-6-7/h7H,2-6H2,1H3,(H,14,15). The highest BCUT2D eigenvalue weighted by atomic mass is 32.1. The molecule has 1 heterocycles. The molecule has 6 heteroatoms. The number of aromatic nitrogens is 1. The van der Waals surface area contributed by atoms with Gasteiger partial charge in [-0.05, 0) is 25.7 Å². The van der Waals surface area contributed by atoms with Gasteiger partial charge in [0.1, 0.15) is 0 Å². The van der Waals surface area contributed by atoms with Crippen molar-refractivity contribution in [1.82, 2.24) is 4.98 Å². The molecule has 5 nitrogen and oxygen atoms in total. The number of rotatable bonds is 4. The van der Waals surface area contributed by atoms with Crippen LogP contribution in [0.1, 0.15) is 63.7 Å². The van der Waals surface area contributed by atoms with Crippen molar-refractivity contribution >= 4 is 23.3 Å². The normalized spacial score (nSPS) is 15.8. The van der Waals surface area contributed by atoms with Crippen molar-refractivity contribution in [3.8, 4) is 0 Å². The number of aromatic carboxylic acids is 1. The van der Waals surface area contributed by atoms with E-state index < -0.39 is 11.9 Å². The van der Waals surface area contributed by atoms with Gasteiger partial charge in [-0.15, -0.1) is 11.3 Å². The summed E-state index contributed by atoms with van der Waals surface area (Å²) in [4.78, 5) is 27.4. The monoisotopic (exact) mass is 269 g/mol. The molecule has 0 aromatic carbocycles. The molecular weight excluding hydrogens is 254 g/mol. The van der Waals surface area contributed by atoms with E-state index >= 15 is 0 Å². The zero-order valence-electron chi connectivity index (χ0n) is 10.1. The van der Waals surface area contributed by atoms with Crippen molar-refractivity contribution in [2.45, 2.75) is 38.5 Å². The van der Waals surface area contributed by atoms with Crippen molar-refractivity contribution in [3.05, 3.63) is 15.6 Å². The van der Waals surface area contributed by atoms with Gasteiger partial charge in [-0.1, -0.05) is 12.8 Å². The maximum Gasteiger partial charge on any atom is 0.367 e. The van der Waals surface area contributed by atoms with Crippen LogP contribution in [0.4, 0.5) is 0 Å². The van der Waals surface area contributed by atoms with Crippen LogP contribution in [0.2, 0.25) is 0 Å². The van der Waals surface area contributed by atoms with Gasteiger partial charge in [0.2, 0.25) is 5.01 Å². The van der Waals surface area contributed by atoms with Gasteiger partial charge < -0.3 is 9.84 Å². The van der Waals surface area contributed by atoms with E-state index in [1.54, 1.807) is 6.92 Å². The summed E-state index contributed by atoms with van der Waals surface area (Å²) in [5.74, 6) is -1.37. The molecule has 1 aromatic heterocycles. The van der Waals surface area contributed by atoms with Crippen molar-refractivity contribution in [3.63, 3.8) is 0 Å². The highest BCUT2D eigenvalue weighted by molar-refractivity contribution is 7.13. The third kappa shape index (κ3) is 2.53.